The first-order valence-corrected chi connectivity index (χ1v) is 9.00. The van der Waals surface area contributed by atoms with Gasteiger partial charge < -0.3 is 20.3 Å². The average molecular weight is 332 g/mol. The molecule has 0 saturated heterocycles. The second-order valence-electron chi connectivity index (χ2n) is 6.41. The fourth-order valence-electron chi connectivity index (χ4n) is 3.21. The van der Waals surface area contributed by atoms with Gasteiger partial charge in [0.1, 0.15) is 0 Å². The molecule has 0 aromatic heterocycles. The van der Waals surface area contributed by atoms with E-state index in [1.165, 1.54) is 43.4 Å². The zero-order valence-electron chi connectivity index (χ0n) is 15.3. The van der Waals surface area contributed by atoms with E-state index in [1.54, 1.807) is 14.2 Å². The van der Waals surface area contributed by atoms with Crippen molar-refractivity contribution in [1.29, 1.82) is 0 Å². The van der Waals surface area contributed by atoms with Crippen LogP contribution < -0.4 is 15.5 Å². The molecule has 0 unspecified atom stereocenters. The molecule has 1 aliphatic carbocycles. The molecule has 0 radical (unpaired) electrons. The van der Waals surface area contributed by atoms with Gasteiger partial charge in [0.2, 0.25) is 0 Å². The quantitative estimate of drug-likeness (QED) is 0.458. The van der Waals surface area contributed by atoms with Crippen LogP contribution in [0, 0.1) is 0 Å². The predicted molar refractivity (Wildman–Crippen MR) is 102 cm³/mol. The molecule has 1 saturated carbocycles. The van der Waals surface area contributed by atoms with E-state index in [0.717, 1.165) is 19.0 Å². The molecular weight excluding hydrogens is 300 g/mol. The number of methoxy groups -OCH3 is 1. The van der Waals surface area contributed by atoms with Crippen LogP contribution in [0.15, 0.2) is 29.3 Å². The predicted octanol–water partition coefficient (Wildman–Crippen LogP) is 2.77. The lowest BCUT2D eigenvalue weighted by molar-refractivity contribution is 0.203. The van der Waals surface area contributed by atoms with Crippen LogP contribution in [0.4, 0.5) is 5.69 Å². The van der Waals surface area contributed by atoms with E-state index in [1.807, 2.05) is 0 Å². The number of hydrogen-bond acceptors (Lipinski definition) is 3. The standard InChI is InChI=1S/C19H32N4O/c1-20-19(21-13-14-24-3)22-15-16-9-11-18(12-10-16)23(2)17-7-5-4-6-8-17/h9-12,17H,4-8,13-15H2,1-3H3,(H2,20,21,22). The molecule has 24 heavy (non-hydrogen) atoms. The molecule has 0 bridgehead atoms. The van der Waals surface area contributed by atoms with Gasteiger partial charge >= 0.3 is 0 Å². The van der Waals surface area contributed by atoms with Crippen LogP contribution in [0.1, 0.15) is 37.7 Å². The van der Waals surface area contributed by atoms with E-state index in [0.29, 0.717) is 12.6 Å². The Hall–Kier alpha value is -1.75. The van der Waals surface area contributed by atoms with Crippen LogP contribution >= 0.6 is 0 Å². The van der Waals surface area contributed by atoms with Gasteiger partial charge in [0.25, 0.3) is 0 Å². The molecule has 2 rings (SSSR count). The zero-order valence-corrected chi connectivity index (χ0v) is 15.3. The van der Waals surface area contributed by atoms with Gasteiger partial charge in [0, 0.05) is 46.0 Å². The number of anilines is 1. The second-order valence-corrected chi connectivity index (χ2v) is 6.41. The van der Waals surface area contributed by atoms with Crippen molar-refractivity contribution < 1.29 is 4.74 Å². The van der Waals surface area contributed by atoms with Gasteiger partial charge in [-0.3, -0.25) is 4.99 Å². The van der Waals surface area contributed by atoms with Crippen LogP contribution in [0.2, 0.25) is 0 Å². The van der Waals surface area contributed by atoms with Gasteiger partial charge in [-0.1, -0.05) is 31.4 Å². The van der Waals surface area contributed by atoms with Crippen LogP contribution in [-0.2, 0) is 11.3 Å². The molecular formula is C19H32N4O. The molecule has 2 N–H and O–H groups in total. The molecule has 0 heterocycles. The maximum Gasteiger partial charge on any atom is 0.191 e. The number of guanidine groups is 1. The van der Waals surface area contributed by atoms with E-state index in [2.05, 4.69) is 51.8 Å². The highest BCUT2D eigenvalue weighted by Gasteiger charge is 2.18. The number of aliphatic imine (C=N–C) groups is 1. The average Bonchev–Trinajstić information content (AvgIpc) is 2.65. The maximum absolute atomic E-state index is 5.04. The van der Waals surface area contributed by atoms with E-state index < -0.39 is 0 Å². The fourth-order valence-corrected chi connectivity index (χ4v) is 3.21. The number of ether oxygens (including phenoxy) is 1. The minimum absolute atomic E-state index is 0.670. The first kappa shape index (κ1) is 18.6. The van der Waals surface area contributed by atoms with Crippen molar-refractivity contribution in [3.8, 4) is 0 Å². The van der Waals surface area contributed by atoms with Crippen molar-refractivity contribution >= 4 is 11.6 Å². The van der Waals surface area contributed by atoms with Crippen LogP contribution in [-0.4, -0.2) is 46.4 Å². The van der Waals surface area contributed by atoms with E-state index in [9.17, 15) is 0 Å². The summed E-state index contributed by atoms with van der Waals surface area (Å²) < 4.78 is 5.04. The Bertz CT molecular complexity index is 495. The smallest absolute Gasteiger partial charge is 0.191 e. The summed E-state index contributed by atoms with van der Waals surface area (Å²) in [4.78, 5) is 6.66. The summed E-state index contributed by atoms with van der Waals surface area (Å²) in [6, 6.07) is 9.56. The summed E-state index contributed by atoms with van der Waals surface area (Å²) in [5.41, 5.74) is 2.57. The number of nitrogens with zero attached hydrogens (tertiary/aromatic N) is 2. The molecule has 0 aliphatic heterocycles. The third kappa shape index (κ3) is 5.71. The Morgan fingerprint density at radius 2 is 1.88 bits per heavy atom. The van der Waals surface area contributed by atoms with Crippen molar-refractivity contribution in [2.24, 2.45) is 4.99 Å². The topological polar surface area (TPSA) is 48.9 Å². The van der Waals surface area contributed by atoms with Crippen molar-refractivity contribution in [2.45, 2.75) is 44.7 Å². The number of nitrogens with one attached hydrogen (secondary N) is 2. The number of hydrogen-bond donors (Lipinski definition) is 2. The molecule has 1 aliphatic rings. The SMILES string of the molecule is CN=C(NCCOC)NCc1ccc(N(C)C2CCCCC2)cc1. The molecule has 0 spiro atoms. The third-order valence-electron chi connectivity index (χ3n) is 4.75. The Kier molecular flexibility index (Phi) is 7.89. The van der Waals surface area contributed by atoms with E-state index in [4.69, 9.17) is 4.74 Å². The van der Waals surface area contributed by atoms with Crippen molar-refractivity contribution in [2.75, 3.05) is 39.3 Å². The molecule has 134 valence electrons. The molecule has 1 fully saturated rings. The highest BCUT2D eigenvalue weighted by molar-refractivity contribution is 5.79. The second kappa shape index (κ2) is 10.2. The van der Waals surface area contributed by atoms with Gasteiger partial charge in [0.15, 0.2) is 5.96 Å². The normalized spacial score (nSPS) is 16.0. The van der Waals surface area contributed by atoms with Crippen LogP contribution in [0.5, 0.6) is 0 Å². The van der Waals surface area contributed by atoms with Gasteiger partial charge in [-0.15, -0.1) is 0 Å². The highest BCUT2D eigenvalue weighted by atomic mass is 16.5. The minimum atomic E-state index is 0.670. The van der Waals surface area contributed by atoms with Gasteiger partial charge in [-0.2, -0.15) is 0 Å². The first-order chi connectivity index (χ1) is 11.7. The van der Waals surface area contributed by atoms with Crippen molar-refractivity contribution in [3.05, 3.63) is 29.8 Å². The lowest BCUT2D eigenvalue weighted by Gasteiger charge is -2.33. The fraction of sp³-hybridized carbons (Fsp3) is 0.632. The largest absolute Gasteiger partial charge is 0.383 e. The summed E-state index contributed by atoms with van der Waals surface area (Å²) in [5.74, 6) is 0.801. The van der Waals surface area contributed by atoms with Crippen LogP contribution in [0.25, 0.3) is 0 Å². The Labute approximate surface area is 146 Å². The number of benzene rings is 1. The highest BCUT2D eigenvalue weighted by Crippen LogP contribution is 2.26. The van der Waals surface area contributed by atoms with Crippen molar-refractivity contribution in [1.82, 2.24) is 10.6 Å². The molecule has 1 aromatic rings. The van der Waals surface area contributed by atoms with Crippen LogP contribution in [0.3, 0.4) is 0 Å². The zero-order chi connectivity index (χ0) is 17.2. The molecule has 5 heteroatoms. The maximum atomic E-state index is 5.04. The van der Waals surface area contributed by atoms with Crippen molar-refractivity contribution in [3.63, 3.8) is 0 Å². The van der Waals surface area contributed by atoms with Gasteiger partial charge in [-0.05, 0) is 30.5 Å². The summed E-state index contributed by atoms with van der Waals surface area (Å²) in [7, 11) is 5.71. The van der Waals surface area contributed by atoms with E-state index in [-0.39, 0.29) is 0 Å². The summed E-state index contributed by atoms with van der Waals surface area (Å²) >= 11 is 0. The molecule has 5 nitrogen and oxygen atoms in total. The number of rotatable bonds is 7. The van der Waals surface area contributed by atoms with E-state index >= 15 is 0 Å². The third-order valence-corrected chi connectivity index (χ3v) is 4.75. The minimum Gasteiger partial charge on any atom is -0.383 e. The summed E-state index contributed by atoms with van der Waals surface area (Å²) in [5, 5.41) is 6.55. The Morgan fingerprint density at radius 1 is 1.17 bits per heavy atom. The Balaban J connectivity index is 1.82. The lowest BCUT2D eigenvalue weighted by atomic mass is 9.94. The monoisotopic (exact) mass is 332 g/mol. The van der Waals surface area contributed by atoms with Gasteiger partial charge in [-0.25, -0.2) is 0 Å². The summed E-state index contributed by atoms with van der Waals surface area (Å²) in [6.07, 6.45) is 6.78. The lowest BCUT2D eigenvalue weighted by Crippen LogP contribution is -2.38. The first-order valence-electron chi connectivity index (χ1n) is 9.00. The summed E-state index contributed by atoms with van der Waals surface area (Å²) in [6.45, 7) is 2.18. The Morgan fingerprint density at radius 3 is 2.50 bits per heavy atom. The molecule has 1 aromatic carbocycles. The molecule has 0 amide bonds. The van der Waals surface area contributed by atoms with Gasteiger partial charge in [0.05, 0.1) is 6.61 Å². The molecule has 0 atom stereocenters.